The summed E-state index contributed by atoms with van der Waals surface area (Å²) >= 11 is 0. The molecule has 2 heterocycles. The van der Waals surface area contributed by atoms with Gasteiger partial charge in [0, 0.05) is 25.6 Å². The zero-order chi connectivity index (χ0) is 14.2. The van der Waals surface area contributed by atoms with Crippen molar-refractivity contribution in [2.75, 3.05) is 13.1 Å². The van der Waals surface area contributed by atoms with Crippen molar-refractivity contribution < 1.29 is 9.13 Å². The summed E-state index contributed by atoms with van der Waals surface area (Å²) in [5.41, 5.74) is 2.33. The average Bonchev–Trinajstić information content (AvgIpc) is 2.88. The van der Waals surface area contributed by atoms with Crippen molar-refractivity contribution in [1.82, 2.24) is 4.90 Å². The van der Waals surface area contributed by atoms with E-state index >= 15 is 0 Å². The van der Waals surface area contributed by atoms with Crippen molar-refractivity contribution in [3.8, 4) is 5.75 Å². The molecule has 0 spiro atoms. The summed E-state index contributed by atoms with van der Waals surface area (Å²) in [6, 6.07) is 15.7. The quantitative estimate of drug-likeness (QED) is 0.839. The van der Waals surface area contributed by atoms with Gasteiger partial charge in [-0.2, -0.15) is 0 Å². The number of fused-ring (bicyclic) bond motifs is 2. The van der Waals surface area contributed by atoms with Gasteiger partial charge < -0.3 is 4.74 Å². The maximum Gasteiger partial charge on any atom is 0.165 e. The second-order valence-electron chi connectivity index (χ2n) is 6.03. The van der Waals surface area contributed by atoms with Crippen molar-refractivity contribution in [3.63, 3.8) is 0 Å². The van der Waals surface area contributed by atoms with E-state index in [1.807, 2.05) is 12.1 Å². The minimum atomic E-state index is -0.229. The molecule has 1 saturated heterocycles. The van der Waals surface area contributed by atoms with Crippen LogP contribution in [0.5, 0.6) is 5.75 Å². The van der Waals surface area contributed by atoms with Gasteiger partial charge in [-0.1, -0.05) is 42.5 Å². The maximum absolute atomic E-state index is 13.8. The Hall–Kier alpha value is -1.87. The first-order valence-corrected chi connectivity index (χ1v) is 7.50. The second-order valence-corrected chi connectivity index (χ2v) is 6.03. The number of hydrogen-bond donors (Lipinski definition) is 0. The third-order valence-corrected chi connectivity index (χ3v) is 4.51. The maximum atomic E-state index is 13.8. The van der Waals surface area contributed by atoms with Gasteiger partial charge in [-0.25, -0.2) is 4.39 Å². The number of para-hydroxylation sites is 1. The van der Waals surface area contributed by atoms with E-state index in [0.717, 1.165) is 31.6 Å². The van der Waals surface area contributed by atoms with Gasteiger partial charge >= 0.3 is 0 Å². The number of nitrogens with zero attached hydrogens (tertiary/aromatic N) is 1. The van der Waals surface area contributed by atoms with Crippen molar-refractivity contribution >= 4 is 0 Å². The summed E-state index contributed by atoms with van der Waals surface area (Å²) < 4.78 is 19.8. The molecule has 0 saturated carbocycles. The minimum absolute atomic E-state index is 0.123. The minimum Gasteiger partial charge on any atom is -0.485 e. The van der Waals surface area contributed by atoms with E-state index in [0.29, 0.717) is 11.7 Å². The first-order chi connectivity index (χ1) is 10.3. The highest BCUT2D eigenvalue weighted by Crippen LogP contribution is 2.36. The largest absolute Gasteiger partial charge is 0.485 e. The topological polar surface area (TPSA) is 12.5 Å². The number of hydrogen-bond acceptors (Lipinski definition) is 2. The zero-order valence-electron chi connectivity index (χ0n) is 11.8. The molecule has 0 amide bonds. The van der Waals surface area contributed by atoms with Gasteiger partial charge in [0.1, 0.15) is 6.10 Å². The first-order valence-electron chi connectivity index (χ1n) is 7.50. The van der Waals surface area contributed by atoms with Gasteiger partial charge in [-0.15, -0.1) is 0 Å². The Morgan fingerprint density at radius 3 is 2.76 bits per heavy atom. The third kappa shape index (κ3) is 2.42. The molecule has 0 aromatic heterocycles. The van der Waals surface area contributed by atoms with E-state index in [1.165, 1.54) is 11.6 Å². The Labute approximate surface area is 124 Å². The fourth-order valence-electron chi connectivity index (χ4n) is 3.51. The van der Waals surface area contributed by atoms with E-state index < -0.39 is 0 Å². The summed E-state index contributed by atoms with van der Waals surface area (Å²) in [5.74, 6) is 0.718. The molecule has 0 bridgehead atoms. The lowest BCUT2D eigenvalue weighted by atomic mass is 9.93. The van der Waals surface area contributed by atoms with Crippen LogP contribution in [0.15, 0.2) is 48.5 Å². The van der Waals surface area contributed by atoms with Crippen LogP contribution in [0, 0.1) is 11.7 Å². The molecule has 0 N–H and O–H groups in total. The molecule has 0 aliphatic carbocycles. The standard InChI is InChI=1S/C18H18FNO/c19-16-8-4-7-14-9-15-11-20(12-17(15)21-18(14)16)10-13-5-2-1-3-6-13/h1-8,15,17H,9-12H2. The smallest absolute Gasteiger partial charge is 0.165 e. The summed E-state index contributed by atoms with van der Waals surface area (Å²) in [6.45, 7) is 2.85. The molecular formula is C18H18FNO. The first kappa shape index (κ1) is 12.8. The number of likely N-dealkylation sites (tertiary alicyclic amines) is 1. The third-order valence-electron chi connectivity index (χ3n) is 4.51. The Balaban J connectivity index is 1.49. The molecule has 108 valence electrons. The van der Waals surface area contributed by atoms with Crippen LogP contribution >= 0.6 is 0 Å². The molecule has 2 aromatic carbocycles. The van der Waals surface area contributed by atoms with Crippen molar-refractivity contribution in [2.45, 2.75) is 19.1 Å². The normalized spacial score (nSPS) is 24.2. The van der Waals surface area contributed by atoms with Gasteiger partial charge in [0.05, 0.1) is 0 Å². The highest BCUT2D eigenvalue weighted by molar-refractivity contribution is 5.37. The van der Waals surface area contributed by atoms with Gasteiger partial charge in [-0.3, -0.25) is 4.90 Å². The van der Waals surface area contributed by atoms with Gasteiger partial charge in [-0.05, 0) is 23.6 Å². The van der Waals surface area contributed by atoms with Crippen LogP contribution in [0.1, 0.15) is 11.1 Å². The van der Waals surface area contributed by atoms with Crippen LogP contribution in [0.2, 0.25) is 0 Å². The number of ether oxygens (including phenoxy) is 1. The number of halogens is 1. The van der Waals surface area contributed by atoms with Gasteiger partial charge in [0.15, 0.2) is 11.6 Å². The summed E-state index contributed by atoms with van der Waals surface area (Å²) in [5, 5.41) is 0. The Morgan fingerprint density at radius 1 is 1.05 bits per heavy atom. The monoisotopic (exact) mass is 283 g/mol. The highest BCUT2D eigenvalue weighted by Gasteiger charge is 2.38. The fourth-order valence-corrected chi connectivity index (χ4v) is 3.51. The van der Waals surface area contributed by atoms with Crippen LogP contribution < -0.4 is 4.74 Å². The second kappa shape index (κ2) is 5.15. The van der Waals surface area contributed by atoms with E-state index in [2.05, 4.69) is 29.2 Å². The van der Waals surface area contributed by atoms with Crippen LogP contribution in [0.25, 0.3) is 0 Å². The summed E-state index contributed by atoms with van der Waals surface area (Å²) in [4.78, 5) is 2.41. The van der Waals surface area contributed by atoms with Crippen LogP contribution in [0.3, 0.4) is 0 Å². The molecule has 2 atom stereocenters. The van der Waals surface area contributed by atoms with E-state index in [-0.39, 0.29) is 11.9 Å². The lowest BCUT2D eigenvalue weighted by Crippen LogP contribution is -2.32. The molecule has 3 heteroatoms. The molecule has 2 nitrogen and oxygen atoms in total. The van der Waals surface area contributed by atoms with Crippen molar-refractivity contribution in [1.29, 1.82) is 0 Å². The molecule has 4 rings (SSSR count). The molecule has 2 unspecified atom stereocenters. The fraction of sp³-hybridized carbons (Fsp3) is 0.333. The summed E-state index contributed by atoms with van der Waals surface area (Å²) in [6.07, 6.45) is 1.04. The summed E-state index contributed by atoms with van der Waals surface area (Å²) in [7, 11) is 0. The lowest BCUT2D eigenvalue weighted by molar-refractivity contribution is 0.141. The SMILES string of the molecule is Fc1cccc2c1OC1CN(Cc3ccccc3)CC1C2. The van der Waals surface area contributed by atoms with Crippen LogP contribution in [0.4, 0.5) is 4.39 Å². The van der Waals surface area contributed by atoms with Gasteiger partial charge in [0.2, 0.25) is 0 Å². The number of rotatable bonds is 2. The molecule has 0 radical (unpaired) electrons. The Morgan fingerprint density at radius 2 is 1.90 bits per heavy atom. The average molecular weight is 283 g/mol. The Bertz CT molecular complexity index is 643. The van der Waals surface area contributed by atoms with Crippen LogP contribution in [-0.2, 0) is 13.0 Å². The van der Waals surface area contributed by atoms with E-state index in [9.17, 15) is 4.39 Å². The van der Waals surface area contributed by atoms with E-state index in [4.69, 9.17) is 4.74 Å². The molecule has 21 heavy (non-hydrogen) atoms. The zero-order valence-corrected chi connectivity index (χ0v) is 11.8. The van der Waals surface area contributed by atoms with Crippen molar-refractivity contribution in [2.24, 2.45) is 5.92 Å². The Kier molecular flexibility index (Phi) is 3.15. The molecule has 2 aromatic rings. The predicted octanol–water partition coefficient (Wildman–Crippen LogP) is 3.26. The predicted molar refractivity (Wildman–Crippen MR) is 79.7 cm³/mol. The molecule has 2 aliphatic heterocycles. The van der Waals surface area contributed by atoms with Crippen molar-refractivity contribution in [3.05, 3.63) is 65.5 Å². The van der Waals surface area contributed by atoms with Crippen LogP contribution in [-0.4, -0.2) is 24.1 Å². The lowest BCUT2D eigenvalue weighted by Gasteiger charge is -2.28. The van der Waals surface area contributed by atoms with E-state index in [1.54, 1.807) is 6.07 Å². The number of benzene rings is 2. The molecule has 2 aliphatic rings. The van der Waals surface area contributed by atoms with Gasteiger partial charge in [0.25, 0.3) is 0 Å². The molecule has 1 fully saturated rings. The highest BCUT2D eigenvalue weighted by atomic mass is 19.1. The molecular weight excluding hydrogens is 265 g/mol.